The average molecular weight is 681 g/mol. The minimum atomic E-state index is -3.49. The van der Waals surface area contributed by atoms with E-state index in [0.29, 0.717) is 67.7 Å². The number of rotatable bonds is 10. The zero-order chi connectivity index (χ0) is 32.6. The van der Waals surface area contributed by atoms with Crippen LogP contribution in [0, 0.1) is 23.7 Å². The van der Waals surface area contributed by atoms with Crippen LogP contribution in [0.3, 0.4) is 0 Å². The molecule has 0 amide bonds. The minimum Gasteiger partial charge on any atom is -0.396 e. The summed E-state index contributed by atoms with van der Waals surface area (Å²) in [6.07, 6.45) is 14.3. The van der Waals surface area contributed by atoms with E-state index in [0.717, 1.165) is 53.9 Å². The van der Waals surface area contributed by atoms with Gasteiger partial charge in [0.1, 0.15) is 11.6 Å². The fourth-order valence-corrected chi connectivity index (χ4v) is 9.59. The van der Waals surface area contributed by atoms with Gasteiger partial charge in [0.05, 0.1) is 39.7 Å². The molecule has 250 valence electrons. The number of piperidine rings is 1. The van der Waals surface area contributed by atoms with E-state index in [1.165, 1.54) is 12.4 Å². The molecule has 0 bridgehead atoms. The van der Waals surface area contributed by atoms with E-state index in [4.69, 9.17) is 0 Å². The second-order valence-electron chi connectivity index (χ2n) is 13.1. The third-order valence-corrected chi connectivity index (χ3v) is 13.9. The van der Waals surface area contributed by atoms with E-state index in [2.05, 4.69) is 42.5 Å². The molecular formula is C32H40N8O5S2. The van der Waals surface area contributed by atoms with Gasteiger partial charge in [0, 0.05) is 50.1 Å². The Bertz CT molecular complexity index is 1880. The summed E-state index contributed by atoms with van der Waals surface area (Å²) in [5.41, 5.74) is 2.10. The van der Waals surface area contributed by atoms with Gasteiger partial charge in [-0.15, -0.1) is 0 Å². The van der Waals surface area contributed by atoms with Crippen molar-refractivity contribution in [3.05, 3.63) is 42.5 Å². The van der Waals surface area contributed by atoms with Gasteiger partial charge in [0.15, 0.2) is 5.82 Å². The van der Waals surface area contributed by atoms with Crippen LogP contribution in [0.25, 0.3) is 11.4 Å². The van der Waals surface area contributed by atoms with Crippen LogP contribution >= 0.6 is 0 Å². The summed E-state index contributed by atoms with van der Waals surface area (Å²) in [4.78, 5) is 13.5. The first-order valence-corrected chi connectivity index (χ1v) is 19.5. The molecule has 4 aliphatic rings. The van der Waals surface area contributed by atoms with Crippen LogP contribution < -0.4 is 10.6 Å². The summed E-state index contributed by atoms with van der Waals surface area (Å²) >= 11 is 0. The van der Waals surface area contributed by atoms with E-state index in [-0.39, 0.29) is 29.1 Å². The summed E-state index contributed by atoms with van der Waals surface area (Å²) in [5, 5.41) is 20.0. The molecule has 3 aliphatic carbocycles. The largest absolute Gasteiger partial charge is 0.396 e. The Hall–Kier alpha value is -3.58. The van der Waals surface area contributed by atoms with Crippen LogP contribution in [0.1, 0.15) is 69.8 Å². The van der Waals surface area contributed by atoms with Crippen molar-refractivity contribution in [2.75, 3.05) is 30.3 Å². The Kier molecular flexibility index (Phi) is 8.94. The lowest BCUT2D eigenvalue weighted by Crippen LogP contribution is -2.40. The molecule has 13 nitrogen and oxygen atoms in total. The van der Waals surface area contributed by atoms with E-state index < -0.39 is 20.0 Å². The van der Waals surface area contributed by atoms with Crippen LogP contribution in [0.2, 0.25) is 0 Å². The maximum atomic E-state index is 12.6. The second-order valence-corrected chi connectivity index (χ2v) is 17.4. The first-order chi connectivity index (χ1) is 22.7. The quantitative estimate of drug-likeness (QED) is 0.268. The van der Waals surface area contributed by atoms with Crippen molar-refractivity contribution in [3.8, 4) is 23.2 Å². The molecule has 1 saturated heterocycles. The Balaban J connectivity index is 1.08. The van der Waals surface area contributed by atoms with Gasteiger partial charge >= 0.3 is 0 Å². The molecule has 7 rings (SSSR count). The number of anilines is 3. The zero-order valence-corrected chi connectivity index (χ0v) is 27.8. The normalized spacial score (nSPS) is 22.7. The predicted octanol–water partition coefficient (Wildman–Crippen LogP) is 3.34. The fourth-order valence-electron chi connectivity index (χ4n) is 6.24. The zero-order valence-electron chi connectivity index (χ0n) is 26.1. The van der Waals surface area contributed by atoms with Gasteiger partial charge in [0.25, 0.3) is 10.0 Å². The maximum Gasteiger partial charge on any atom is 0.256 e. The predicted molar refractivity (Wildman–Crippen MR) is 178 cm³/mol. The second kappa shape index (κ2) is 13.1. The highest BCUT2D eigenvalue weighted by molar-refractivity contribution is 7.90. The monoisotopic (exact) mass is 680 g/mol. The maximum absolute atomic E-state index is 12.6. The SMILES string of the molecule is O=S(=O)(C1CC1)N1CCC(C#Cc2cnc(Nc3ccnc(-c4cnn(S(=O)(=O)C5CC5)c4)n3)cc2NC2CCC(CO)CC2)CC1. The lowest BCUT2D eigenvalue weighted by molar-refractivity contribution is 0.186. The van der Waals surface area contributed by atoms with Gasteiger partial charge in [-0.25, -0.2) is 36.1 Å². The Labute approximate surface area is 275 Å². The van der Waals surface area contributed by atoms with Crippen molar-refractivity contribution in [3.63, 3.8) is 0 Å². The van der Waals surface area contributed by atoms with E-state index >= 15 is 0 Å². The highest BCUT2D eigenvalue weighted by Gasteiger charge is 2.41. The summed E-state index contributed by atoms with van der Waals surface area (Å²) in [7, 11) is -6.65. The summed E-state index contributed by atoms with van der Waals surface area (Å²) in [5.74, 6) is 8.55. The van der Waals surface area contributed by atoms with Gasteiger partial charge in [-0.3, -0.25) is 0 Å². The molecule has 47 heavy (non-hydrogen) atoms. The van der Waals surface area contributed by atoms with Crippen molar-refractivity contribution < 1.29 is 21.9 Å². The van der Waals surface area contributed by atoms with E-state index in [1.54, 1.807) is 22.8 Å². The Morgan fingerprint density at radius 2 is 1.60 bits per heavy atom. The van der Waals surface area contributed by atoms with E-state index in [1.807, 2.05) is 6.07 Å². The molecule has 15 heteroatoms. The third kappa shape index (κ3) is 7.30. The lowest BCUT2D eigenvalue weighted by atomic mass is 9.86. The number of pyridine rings is 1. The average Bonchev–Trinajstić information content (AvgIpc) is 4.03. The molecule has 0 radical (unpaired) electrons. The van der Waals surface area contributed by atoms with Gasteiger partial charge in [0.2, 0.25) is 10.0 Å². The van der Waals surface area contributed by atoms with Gasteiger partial charge in [-0.1, -0.05) is 11.8 Å². The molecule has 0 unspecified atom stereocenters. The standard InChI is InChI=1S/C32H40N8O5S2/c41-21-23-2-5-26(6-3-23)36-29-17-31(34-18-24(29)4-1-22-12-15-39(16-13-22)46(42,43)27-7-8-27)37-30-11-14-33-32(38-30)25-19-35-40(20-25)47(44,45)28-9-10-28/h11,14,17-20,22-23,26-28,41H,2-3,5-10,12-13,15-16,21H2,(H2,33,34,36,37,38). The molecule has 3 N–H and O–H groups in total. The topological polar surface area (TPSA) is 172 Å². The Morgan fingerprint density at radius 3 is 2.30 bits per heavy atom. The summed E-state index contributed by atoms with van der Waals surface area (Å²) < 4.78 is 53.1. The molecule has 0 spiro atoms. The molecule has 0 atom stereocenters. The molecule has 1 aliphatic heterocycles. The third-order valence-electron chi connectivity index (χ3n) is 9.48. The van der Waals surface area contributed by atoms with E-state index in [9.17, 15) is 21.9 Å². The van der Waals surface area contributed by atoms with Crippen molar-refractivity contribution >= 4 is 37.4 Å². The number of aromatic nitrogens is 5. The van der Waals surface area contributed by atoms with Crippen LogP contribution in [0.5, 0.6) is 0 Å². The molecular weight excluding hydrogens is 641 g/mol. The lowest BCUT2D eigenvalue weighted by Gasteiger charge is -2.29. The van der Waals surface area contributed by atoms with Crippen molar-refractivity contribution in [1.82, 2.24) is 28.4 Å². The first-order valence-electron chi connectivity index (χ1n) is 16.5. The van der Waals surface area contributed by atoms with Crippen molar-refractivity contribution in [1.29, 1.82) is 0 Å². The number of hydrogen-bond donors (Lipinski definition) is 3. The highest BCUT2D eigenvalue weighted by Crippen LogP contribution is 2.34. The van der Waals surface area contributed by atoms with Crippen LogP contribution in [0.4, 0.5) is 17.3 Å². The van der Waals surface area contributed by atoms with Crippen molar-refractivity contribution in [2.45, 2.75) is 80.7 Å². The number of hydrogen-bond acceptors (Lipinski definition) is 11. The number of nitrogens with zero attached hydrogens (tertiary/aromatic N) is 6. The highest BCUT2D eigenvalue weighted by atomic mass is 32.2. The van der Waals surface area contributed by atoms with Crippen molar-refractivity contribution in [2.24, 2.45) is 11.8 Å². The van der Waals surface area contributed by atoms with Crippen LogP contribution in [0.15, 0.2) is 36.9 Å². The smallest absolute Gasteiger partial charge is 0.256 e. The summed E-state index contributed by atoms with van der Waals surface area (Å²) in [6, 6.07) is 3.86. The minimum absolute atomic E-state index is 0.106. The molecule has 0 aromatic carbocycles. The van der Waals surface area contributed by atoms with Gasteiger partial charge in [-0.05, 0) is 76.2 Å². The fraction of sp³-hybridized carbons (Fsp3) is 0.562. The number of sulfonamides is 1. The van der Waals surface area contributed by atoms with Crippen LogP contribution in [-0.2, 0) is 20.0 Å². The van der Waals surface area contributed by atoms with Crippen LogP contribution in [-0.4, -0.2) is 86.6 Å². The molecule has 4 heterocycles. The molecule has 3 aromatic heterocycles. The first kappa shape index (κ1) is 32.0. The molecule has 3 saturated carbocycles. The number of nitrogens with one attached hydrogen (secondary N) is 2. The number of aliphatic hydroxyl groups is 1. The van der Waals surface area contributed by atoms with Gasteiger partial charge < -0.3 is 15.7 Å². The van der Waals surface area contributed by atoms with Gasteiger partial charge in [-0.2, -0.15) is 9.19 Å². The molecule has 3 aromatic rings. The molecule has 4 fully saturated rings. The Morgan fingerprint density at radius 1 is 0.872 bits per heavy atom. The number of aliphatic hydroxyl groups excluding tert-OH is 1. The summed E-state index contributed by atoms with van der Waals surface area (Å²) in [6.45, 7) is 1.23.